The molecule has 0 radical (unpaired) electrons. The average molecular weight is 382 g/mol. The van der Waals surface area contributed by atoms with Crippen LogP contribution < -0.4 is 4.90 Å². The lowest BCUT2D eigenvalue weighted by Crippen LogP contribution is -2.49. The molecule has 3 aromatic rings. The van der Waals surface area contributed by atoms with Gasteiger partial charge >= 0.3 is 0 Å². The molecule has 1 saturated heterocycles. The molecule has 3 heterocycles. The van der Waals surface area contributed by atoms with Gasteiger partial charge in [0.15, 0.2) is 0 Å². The molecule has 144 valence electrons. The van der Waals surface area contributed by atoms with Crippen molar-refractivity contribution in [2.24, 2.45) is 0 Å². The molecular weight excluding hydrogens is 363 g/mol. The Hall–Kier alpha value is -3.36. The summed E-state index contributed by atoms with van der Waals surface area (Å²) in [6.07, 6.45) is 4.00. The van der Waals surface area contributed by atoms with Gasteiger partial charge in [-0.2, -0.15) is 4.98 Å². The number of anilines is 1. The van der Waals surface area contributed by atoms with Gasteiger partial charge < -0.3 is 14.3 Å². The number of halogens is 1. The highest BCUT2D eigenvalue weighted by atomic mass is 19.1. The number of carbonyl (C=O) groups excluding carboxylic acids is 1. The molecule has 1 aliphatic rings. The van der Waals surface area contributed by atoms with Crippen LogP contribution in [-0.2, 0) is 11.2 Å². The third-order valence-electron chi connectivity index (χ3n) is 4.60. The largest absolute Gasteiger partial charge is 0.339 e. The molecule has 9 heteroatoms. The zero-order chi connectivity index (χ0) is 19.3. The van der Waals surface area contributed by atoms with Crippen LogP contribution >= 0.6 is 0 Å². The molecule has 0 aliphatic carbocycles. The number of hydrogen-bond donors (Lipinski definition) is 0. The zero-order valence-corrected chi connectivity index (χ0v) is 15.2. The Bertz CT molecular complexity index is 940. The monoisotopic (exact) mass is 382 g/mol. The van der Waals surface area contributed by atoms with E-state index in [4.69, 9.17) is 4.52 Å². The number of aryl methyl sites for hydroxylation is 1. The van der Waals surface area contributed by atoms with Crippen LogP contribution in [0.25, 0.3) is 11.4 Å². The van der Waals surface area contributed by atoms with E-state index in [-0.39, 0.29) is 23.7 Å². The van der Waals surface area contributed by atoms with E-state index in [9.17, 15) is 9.18 Å². The number of amides is 1. The number of rotatable bonds is 5. The smallest absolute Gasteiger partial charge is 0.227 e. The summed E-state index contributed by atoms with van der Waals surface area (Å²) in [5.41, 5.74) is 0.281. The highest BCUT2D eigenvalue weighted by Crippen LogP contribution is 2.19. The van der Waals surface area contributed by atoms with E-state index in [1.54, 1.807) is 36.7 Å². The summed E-state index contributed by atoms with van der Waals surface area (Å²) in [4.78, 5) is 29.0. The molecule has 8 nitrogen and oxygen atoms in total. The van der Waals surface area contributed by atoms with Crippen molar-refractivity contribution in [1.29, 1.82) is 0 Å². The number of piperazine rings is 1. The highest BCUT2D eigenvalue weighted by molar-refractivity contribution is 5.76. The lowest BCUT2D eigenvalue weighted by Gasteiger charge is -2.34. The first-order valence-corrected chi connectivity index (χ1v) is 9.08. The van der Waals surface area contributed by atoms with Gasteiger partial charge in [-0.3, -0.25) is 4.79 Å². The molecule has 1 fully saturated rings. The molecule has 2 aromatic heterocycles. The van der Waals surface area contributed by atoms with E-state index < -0.39 is 5.82 Å². The fraction of sp³-hybridized carbons (Fsp3) is 0.316. The van der Waals surface area contributed by atoms with Crippen LogP contribution in [0.15, 0.2) is 47.2 Å². The number of nitrogens with zero attached hydrogens (tertiary/aromatic N) is 6. The summed E-state index contributed by atoms with van der Waals surface area (Å²) in [5.74, 6) is 0.812. The zero-order valence-electron chi connectivity index (χ0n) is 15.2. The second-order valence-electron chi connectivity index (χ2n) is 6.41. The second-order valence-corrected chi connectivity index (χ2v) is 6.41. The fourth-order valence-corrected chi connectivity index (χ4v) is 3.09. The van der Waals surface area contributed by atoms with Gasteiger partial charge in [0, 0.05) is 51.4 Å². The van der Waals surface area contributed by atoms with E-state index >= 15 is 0 Å². The molecule has 1 amide bonds. The molecule has 1 aliphatic heterocycles. The van der Waals surface area contributed by atoms with Crippen LogP contribution in [0.1, 0.15) is 12.3 Å². The van der Waals surface area contributed by atoms with Crippen molar-refractivity contribution >= 4 is 11.9 Å². The van der Waals surface area contributed by atoms with E-state index in [1.807, 2.05) is 4.90 Å². The van der Waals surface area contributed by atoms with Gasteiger partial charge in [0.1, 0.15) is 5.82 Å². The molecule has 28 heavy (non-hydrogen) atoms. The predicted octanol–water partition coefficient (Wildman–Crippen LogP) is 1.95. The van der Waals surface area contributed by atoms with Gasteiger partial charge in [0.05, 0.1) is 5.56 Å². The Kier molecular flexibility index (Phi) is 5.22. The van der Waals surface area contributed by atoms with Crippen molar-refractivity contribution in [1.82, 2.24) is 25.0 Å². The predicted molar refractivity (Wildman–Crippen MR) is 98.8 cm³/mol. The van der Waals surface area contributed by atoms with Crippen LogP contribution in [0.3, 0.4) is 0 Å². The van der Waals surface area contributed by atoms with Gasteiger partial charge in [0.25, 0.3) is 0 Å². The van der Waals surface area contributed by atoms with E-state index in [1.165, 1.54) is 6.07 Å². The minimum absolute atomic E-state index is 0.0271. The van der Waals surface area contributed by atoms with Crippen molar-refractivity contribution in [2.75, 3.05) is 31.1 Å². The maximum atomic E-state index is 13.8. The van der Waals surface area contributed by atoms with Crippen molar-refractivity contribution in [3.8, 4) is 11.4 Å². The van der Waals surface area contributed by atoms with E-state index in [2.05, 4.69) is 25.0 Å². The van der Waals surface area contributed by atoms with E-state index in [0.717, 1.165) is 0 Å². The summed E-state index contributed by atoms with van der Waals surface area (Å²) in [5, 5.41) is 3.81. The highest BCUT2D eigenvalue weighted by Gasteiger charge is 2.23. The van der Waals surface area contributed by atoms with Crippen molar-refractivity contribution in [2.45, 2.75) is 12.8 Å². The van der Waals surface area contributed by atoms with Crippen molar-refractivity contribution < 1.29 is 13.7 Å². The van der Waals surface area contributed by atoms with Crippen LogP contribution in [0.2, 0.25) is 0 Å². The number of benzene rings is 1. The molecule has 0 saturated carbocycles. The van der Waals surface area contributed by atoms with Crippen LogP contribution in [0.5, 0.6) is 0 Å². The second kappa shape index (κ2) is 8.12. The van der Waals surface area contributed by atoms with Crippen molar-refractivity contribution in [3.63, 3.8) is 0 Å². The summed E-state index contributed by atoms with van der Waals surface area (Å²) < 4.78 is 19.0. The first-order chi connectivity index (χ1) is 13.7. The number of carbonyl (C=O) groups is 1. The summed E-state index contributed by atoms with van der Waals surface area (Å²) >= 11 is 0. The molecule has 0 spiro atoms. The minimum atomic E-state index is -0.411. The van der Waals surface area contributed by atoms with Crippen LogP contribution in [0, 0.1) is 5.82 Å². The first kappa shape index (κ1) is 18.0. The maximum Gasteiger partial charge on any atom is 0.227 e. The molecule has 1 aromatic carbocycles. The molecule has 0 unspecified atom stereocenters. The normalized spacial score (nSPS) is 14.3. The van der Waals surface area contributed by atoms with Crippen LogP contribution in [-0.4, -0.2) is 57.1 Å². The average Bonchev–Trinajstić information content (AvgIpc) is 3.22. The number of hydrogen-bond acceptors (Lipinski definition) is 7. The summed E-state index contributed by atoms with van der Waals surface area (Å²) in [6, 6.07) is 8.01. The van der Waals surface area contributed by atoms with Gasteiger partial charge in [-0.05, 0) is 18.2 Å². The van der Waals surface area contributed by atoms with Crippen molar-refractivity contribution in [3.05, 3.63) is 54.4 Å². The Morgan fingerprint density at radius 2 is 1.82 bits per heavy atom. The molecule has 0 bridgehead atoms. The fourth-order valence-electron chi connectivity index (χ4n) is 3.09. The Morgan fingerprint density at radius 3 is 2.57 bits per heavy atom. The third-order valence-corrected chi connectivity index (χ3v) is 4.60. The Balaban J connectivity index is 1.29. The molecule has 0 N–H and O–H groups in total. The summed E-state index contributed by atoms with van der Waals surface area (Å²) in [6.45, 7) is 2.60. The number of aromatic nitrogens is 4. The lowest BCUT2D eigenvalue weighted by molar-refractivity contribution is -0.131. The third kappa shape index (κ3) is 3.98. The van der Waals surface area contributed by atoms with E-state index in [0.29, 0.717) is 44.4 Å². The van der Waals surface area contributed by atoms with Gasteiger partial charge in [-0.1, -0.05) is 17.3 Å². The van der Waals surface area contributed by atoms with Crippen LogP contribution in [0.4, 0.5) is 10.3 Å². The minimum Gasteiger partial charge on any atom is -0.339 e. The first-order valence-electron chi connectivity index (χ1n) is 9.08. The quantitative estimate of drug-likeness (QED) is 0.666. The van der Waals surface area contributed by atoms with Gasteiger partial charge in [-0.25, -0.2) is 14.4 Å². The Morgan fingerprint density at radius 1 is 1.07 bits per heavy atom. The molecule has 0 atom stereocenters. The summed E-state index contributed by atoms with van der Waals surface area (Å²) in [7, 11) is 0. The topological polar surface area (TPSA) is 88.3 Å². The standard InChI is InChI=1S/C19H19FN6O2/c20-15-5-2-1-4-14(15)18-23-16(28-24-18)6-7-17(27)25-10-12-26(13-11-25)19-21-8-3-9-22-19/h1-5,8-9H,6-7,10-13H2. The molecular formula is C19H19FN6O2. The lowest BCUT2D eigenvalue weighted by atomic mass is 10.2. The Labute approximate surface area is 161 Å². The molecule has 4 rings (SSSR count). The van der Waals surface area contributed by atoms with Gasteiger partial charge in [0.2, 0.25) is 23.6 Å². The maximum absolute atomic E-state index is 13.8. The van der Waals surface area contributed by atoms with Gasteiger partial charge in [-0.15, -0.1) is 0 Å². The SMILES string of the molecule is O=C(CCc1nc(-c2ccccc2F)no1)N1CCN(c2ncccn2)CC1.